The summed E-state index contributed by atoms with van der Waals surface area (Å²) in [6.45, 7) is 3.84. The van der Waals surface area contributed by atoms with Crippen molar-refractivity contribution in [1.29, 1.82) is 0 Å². The fourth-order valence-electron chi connectivity index (χ4n) is 4.58. The number of aromatic nitrogens is 3. The van der Waals surface area contributed by atoms with Crippen molar-refractivity contribution in [3.8, 4) is 16.9 Å². The Kier molecular flexibility index (Phi) is 5.01. The van der Waals surface area contributed by atoms with Crippen LogP contribution in [0.25, 0.3) is 16.9 Å². The molecule has 5 rings (SSSR count). The number of carbonyl (C=O) groups excluding carboxylic acids is 1. The summed E-state index contributed by atoms with van der Waals surface area (Å²) in [5.74, 6) is -0.336. The smallest absolute Gasteiger partial charge is 0.263 e. The number of carbonyl (C=O) groups is 1. The predicted octanol–water partition coefficient (Wildman–Crippen LogP) is 4.86. The maximum Gasteiger partial charge on any atom is 0.263 e. The van der Waals surface area contributed by atoms with Crippen molar-refractivity contribution in [3.63, 3.8) is 0 Å². The lowest BCUT2D eigenvalue weighted by Crippen LogP contribution is -2.17. The Labute approximate surface area is 186 Å². The topological polar surface area (TPSA) is 99.0 Å². The number of para-hydroxylation sites is 1. The molecule has 0 atom stereocenters. The molecule has 0 spiro atoms. The van der Waals surface area contributed by atoms with Crippen molar-refractivity contribution in [2.24, 2.45) is 0 Å². The zero-order chi connectivity index (χ0) is 22.2. The number of nitrogens with zero attached hydrogens (tertiary/aromatic N) is 3. The molecule has 162 valence electrons. The highest BCUT2D eigenvalue weighted by molar-refractivity contribution is 6.11. The molecule has 2 aromatic heterocycles. The van der Waals surface area contributed by atoms with Gasteiger partial charge in [-0.2, -0.15) is 5.10 Å². The minimum atomic E-state index is -0.330. The third kappa shape index (κ3) is 3.36. The average molecular weight is 428 g/mol. The largest absolute Gasteiger partial charge is 0.367 e. The van der Waals surface area contributed by atoms with Gasteiger partial charge in [0.05, 0.1) is 17.1 Å². The second-order valence-corrected chi connectivity index (χ2v) is 8.17. The standard InChI is InChI=1S/C25H25N5O2/c1-15-21(16(2)30(28-15)18-11-4-3-5-12-18)23-22(24(26)32-29-23)25(31)27-20-14-8-10-17-9-6-7-13-19(17)20/h3-5,8,10-12,14H,6-7,9,13,26H2,1-2H3,(H,27,31). The molecule has 1 aliphatic rings. The van der Waals surface area contributed by atoms with Crippen LogP contribution in [0.1, 0.15) is 45.7 Å². The maximum atomic E-state index is 13.4. The van der Waals surface area contributed by atoms with Crippen LogP contribution in [0.4, 0.5) is 11.6 Å². The molecule has 0 bridgehead atoms. The molecule has 1 aliphatic carbocycles. The lowest BCUT2D eigenvalue weighted by molar-refractivity contribution is 0.102. The van der Waals surface area contributed by atoms with Crippen LogP contribution in [0.15, 0.2) is 53.1 Å². The van der Waals surface area contributed by atoms with Gasteiger partial charge in [-0.3, -0.25) is 4.79 Å². The molecule has 2 aromatic carbocycles. The number of nitrogens with one attached hydrogen (secondary N) is 1. The number of hydrogen-bond donors (Lipinski definition) is 2. The summed E-state index contributed by atoms with van der Waals surface area (Å²) < 4.78 is 7.11. The van der Waals surface area contributed by atoms with Crippen LogP contribution < -0.4 is 11.1 Å². The summed E-state index contributed by atoms with van der Waals surface area (Å²) in [6, 6.07) is 15.9. The van der Waals surface area contributed by atoms with Gasteiger partial charge in [-0.15, -0.1) is 0 Å². The van der Waals surface area contributed by atoms with Crippen LogP contribution in [0.3, 0.4) is 0 Å². The molecule has 0 radical (unpaired) electrons. The highest BCUT2D eigenvalue weighted by Gasteiger charge is 2.28. The first-order chi connectivity index (χ1) is 15.5. The number of amides is 1. The number of nitrogen functional groups attached to an aromatic ring is 1. The first kappa shape index (κ1) is 20.1. The van der Waals surface area contributed by atoms with Crippen LogP contribution in [-0.4, -0.2) is 20.8 Å². The number of benzene rings is 2. The van der Waals surface area contributed by atoms with Crippen molar-refractivity contribution < 1.29 is 9.32 Å². The summed E-state index contributed by atoms with van der Waals surface area (Å²) in [4.78, 5) is 13.4. The van der Waals surface area contributed by atoms with E-state index in [1.54, 1.807) is 0 Å². The molecule has 4 aromatic rings. The summed E-state index contributed by atoms with van der Waals surface area (Å²) in [5, 5.41) is 11.9. The van der Waals surface area contributed by atoms with E-state index in [9.17, 15) is 4.79 Å². The summed E-state index contributed by atoms with van der Waals surface area (Å²) >= 11 is 0. The Morgan fingerprint density at radius 2 is 1.84 bits per heavy atom. The number of hydrogen-bond acceptors (Lipinski definition) is 5. The van der Waals surface area contributed by atoms with Gasteiger partial charge in [-0.05, 0) is 68.9 Å². The van der Waals surface area contributed by atoms with Gasteiger partial charge in [0.2, 0.25) is 5.88 Å². The first-order valence-electron chi connectivity index (χ1n) is 10.8. The Balaban J connectivity index is 1.54. The number of aryl methyl sites for hydroxylation is 2. The normalized spacial score (nSPS) is 13.1. The van der Waals surface area contributed by atoms with Crippen LogP contribution in [0.5, 0.6) is 0 Å². The van der Waals surface area contributed by atoms with E-state index in [-0.39, 0.29) is 17.4 Å². The maximum absolute atomic E-state index is 13.4. The highest BCUT2D eigenvalue weighted by atomic mass is 16.5. The Bertz CT molecular complexity index is 1300. The number of anilines is 2. The lowest BCUT2D eigenvalue weighted by Gasteiger charge is -2.19. The van der Waals surface area contributed by atoms with Gasteiger partial charge in [0.25, 0.3) is 5.91 Å². The van der Waals surface area contributed by atoms with E-state index in [4.69, 9.17) is 10.3 Å². The van der Waals surface area contributed by atoms with Crippen LogP contribution in [-0.2, 0) is 12.8 Å². The molecule has 0 fully saturated rings. The molecular weight excluding hydrogens is 402 g/mol. The van der Waals surface area contributed by atoms with E-state index in [1.807, 2.05) is 61.0 Å². The van der Waals surface area contributed by atoms with E-state index in [1.165, 1.54) is 17.5 Å². The number of nitrogens with two attached hydrogens (primary N) is 1. The van der Waals surface area contributed by atoms with E-state index >= 15 is 0 Å². The molecule has 7 heteroatoms. The van der Waals surface area contributed by atoms with Gasteiger partial charge in [0, 0.05) is 11.3 Å². The molecule has 0 unspecified atom stereocenters. The molecule has 2 heterocycles. The van der Waals surface area contributed by atoms with Crippen molar-refractivity contribution in [1.82, 2.24) is 14.9 Å². The fourth-order valence-corrected chi connectivity index (χ4v) is 4.58. The lowest BCUT2D eigenvalue weighted by atomic mass is 9.90. The Morgan fingerprint density at radius 1 is 1.06 bits per heavy atom. The third-order valence-corrected chi connectivity index (χ3v) is 6.12. The minimum absolute atomic E-state index is 0.00596. The van der Waals surface area contributed by atoms with Gasteiger partial charge >= 0.3 is 0 Å². The van der Waals surface area contributed by atoms with Gasteiger partial charge in [0.1, 0.15) is 11.3 Å². The molecule has 0 aliphatic heterocycles. The zero-order valence-corrected chi connectivity index (χ0v) is 18.2. The summed E-state index contributed by atoms with van der Waals surface area (Å²) in [5.41, 5.74) is 13.3. The highest BCUT2D eigenvalue weighted by Crippen LogP contribution is 2.34. The molecule has 0 saturated carbocycles. The van der Waals surface area contributed by atoms with Gasteiger partial charge in [-0.1, -0.05) is 35.5 Å². The molecule has 0 saturated heterocycles. The molecule has 3 N–H and O–H groups in total. The van der Waals surface area contributed by atoms with Gasteiger partial charge in [-0.25, -0.2) is 4.68 Å². The molecule has 32 heavy (non-hydrogen) atoms. The summed E-state index contributed by atoms with van der Waals surface area (Å²) in [7, 11) is 0. The van der Waals surface area contributed by atoms with Crippen molar-refractivity contribution >= 4 is 17.5 Å². The zero-order valence-electron chi connectivity index (χ0n) is 18.2. The van der Waals surface area contributed by atoms with E-state index in [2.05, 4.69) is 21.6 Å². The quantitative estimate of drug-likeness (QED) is 0.485. The van der Waals surface area contributed by atoms with Crippen LogP contribution >= 0.6 is 0 Å². The molecular formula is C25H25N5O2. The third-order valence-electron chi connectivity index (χ3n) is 6.12. The number of rotatable bonds is 4. The first-order valence-corrected chi connectivity index (χ1v) is 10.8. The number of fused-ring (bicyclic) bond motifs is 1. The SMILES string of the molecule is Cc1nn(-c2ccccc2)c(C)c1-c1noc(N)c1C(=O)Nc1cccc2c1CCCC2. The second-order valence-electron chi connectivity index (χ2n) is 8.17. The van der Waals surface area contributed by atoms with E-state index in [0.717, 1.165) is 47.6 Å². The summed E-state index contributed by atoms with van der Waals surface area (Å²) in [6.07, 6.45) is 4.30. The van der Waals surface area contributed by atoms with Crippen LogP contribution in [0, 0.1) is 13.8 Å². The predicted molar refractivity (Wildman–Crippen MR) is 124 cm³/mol. The van der Waals surface area contributed by atoms with Gasteiger partial charge < -0.3 is 15.6 Å². The van der Waals surface area contributed by atoms with Gasteiger partial charge in [0.15, 0.2) is 0 Å². The average Bonchev–Trinajstić information content (AvgIpc) is 3.33. The van der Waals surface area contributed by atoms with E-state index in [0.29, 0.717) is 5.69 Å². The van der Waals surface area contributed by atoms with Crippen molar-refractivity contribution in [2.75, 3.05) is 11.1 Å². The van der Waals surface area contributed by atoms with Crippen molar-refractivity contribution in [3.05, 3.63) is 76.6 Å². The Hall–Kier alpha value is -3.87. The Morgan fingerprint density at radius 3 is 2.66 bits per heavy atom. The second kappa shape index (κ2) is 8.00. The molecule has 7 nitrogen and oxygen atoms in total. The fraction of sp³-hybridized carbons (Fsp3) is 0.240. The minimum Gasteiger partial charge on any atom is -0.367 e. The van der Waals surface area contributed by atoms with E-state index < -0.39 is 0 Å². The van der Waals surface area contributed by atoms with Crippen LogP contribution in [0.2, 0.25) is 0 Å². The molecule has 1 amide bonds. The monoisotopic (exact) mass is 427 g/mol. The van der Waals surface area contributed by atoms with Crippen molar-refractivity contribution in [2.45, 2.75) is 39.5 Å².